The second-order valence-corrected chi connectivity index (χ2v) is 9.48. The van der Waals surface area contributed by atoms with Gasteiger partial charge in [-0.3, -0.25) is 4.79 Å². The first kappa shape index (κ1) is 15.0. The molecular weight excluding hydrogens is 344 g/mol. The second-order valence-electron chi connectivity index (χ2n) is 8.52. The summed E-state index contributed by atoms with van der Waals surface area (Å²) in [5, 5.41) is 14.5. The van der Waals surface area contributed by atoms with E-state index in [1.807, 2.05) is 30.3 Å². The fourth-order valence-electron chi connectivity index (χ4n) is 6.08. The van der Waals surface area contributed by atoms with Crippen LogP contribution in [0.5, 0.6) is 0 Å². The average Bonchev–Trinajstić information content (AvgIpc) is 3.08. The highest BCUT2D eigenvalue weighted by atomic mass is 32.1. The van der Waals surface area contributed by atoms with Crippen LogP contribution in [0.25, 0.3) is 16.2 Å². The van der Waals surface area contributed by atoms with Gasteiger partial charge in [0, 0.05) is 11.0 Å². The third-order valence-corrected chi connectivity index (χ3v) is 7.87. The Kier molecular flexibility index (Phi) is 3.02. The van der Waals surface area contributed by atoms with Gasteiger partial charge in [-0.05, 0) is 56.3 Å². The highest BCUT2D eigenvalue weighted by Gasteiger charge is 2.53. The monoisotopic (exact) mass is 364 g/mol. The molecule has 4 aliphatic carbocycles. The van der Waals surface area contributed by atoms with Crippen molar-refractivity contribution in [3.8, 4) is 11.3 Å². The van der Waals surface area contributed by atoms with Crippen LogP contribution in [-0.2, 0) is 5.41 Å². The molecule has 2 aromatic heterocycles. The minimum absolute atomic E-state index is 0.159. The molecule has 6 heteroatoms. The maximum absolute atomic E-state index is 13.0. The summed E-state index contributed by atoms with van der Waals surface area (Å²) in [4.78, 5) is 13.6. The van der Waals surface area contributed by atoms with E-state index in [2.05, 4.69) is 10.2 Å². The maximum atomic E-state index is 13.0. The van der Waals surface area contributed by atoms with E-state index >= 15 is 0 Å². The van der Waals surface area contributed by atoms with Crippen molar-refractivity contribution >= 4 is 16.3 Å². The quantitative estimate of drug-likeness (QED) is 0.696. The predicted octanol–water partition coefficient (Wildman–Crippen LogP) is 3.68. The van der Waals surface area contributed by atoms with Crippen LogP contribution >= 0.6 is 11.3 Å². The fraction of sp³-hybridized carbons (Fsp3) is 0.500. The van der Waals surface area contributed by atoms with E-state index in [1.54, 1.807) is 11.3 Å². The van der Waals surface area contributed by atoms with Gasteiger partial charge in [-0.1, -0.05) is 41.7 Å². The molecule has 3 aromatic rings. The van der Waals surface area contributed by atoms with Gasteiger partial charge in [0.25, 0.3) is 0 Å². The third-order valence-electron chi connectivity index (χ3n) is 6.73. The van der Waals surface area contributed by atoms with E-state index < -0.39 is 0 Å². The summed E-state index contributed by atoms with van der Waals surface area (Å²) in [6.45, 7) is 0. The summed E-state index contributed by atoms with van der Waals surface area (Å²) in [7, 11) is 0. The Labute approximate surface area is 155 Å². The zero-order valence-corrected chi connectivity index (χ0v) is 15.3. The lowest BCUT2D eigenvalue weighted by molar-refractivity contribution is -0.00567. The van der Waals surface area contributed by atoms with Gasteiger partial charge < -0.3 is 0 Å². The Hall–Kier alpha value is -2.08. The molecule has 2 heterocycles. The lowest BCUT2D eigenvalue weighted by Gasteiger charge is -2.55. The number of hydrogen-bond donors (Lipinski definition) is 0. The van der Waals surface area contributed by atoms with Crippen LogP contribution in [-0.4, -0.2) is 19.8 Å². The summed E-state index contributed by atoms with van der Waals surface area (Å²) in [6.07, 6.45) is 7.94. The van der Waals surface area contributed by atoms with E-state index in [-0.39, 0.29) is 11.0 Å². The minimum Gasteiger partial charge on any atom is -0.265 e. The SMILES string of the molecule is O=c1c(-c2ccccc2)nnc2sc(C34CC5CC(CC(C5)C3)C4)nn12. The molecule has 4 bridgehead atoms. The first-order valence-corrected chi connectivity index (χ1v) is 10.3. The molecule has 0 aliphatic heterocycles. The summed E-state index contributed by atoms with van der Waals surface area (Å²) in [5.41, 5.74) is 1.20. The van der Waals surface area contributed by atoms with Crippen molar-refractivity contribution in [2.45, 2.75) is 43.9 Å². The summed E-state index contributed by atoms with van der Waals surface area (Å²) < 4.78 is 1.49. The molecule has 1 aromatic carbocycles. The van der Waals surface area contributed by atoms with Crippen molar-refractivity contribution in [3.63, 3.8) is 0 Å². The molecule has 0 unspecified atom stereocenters. The molecular formula is C20H20N4OS. The molecule has 0 amide bonds. The second kappa shape index (κ2) is 5.22. The number of nitrogens with zero attached hydrogens (tertiary/aromatic N) is 4. The van der Waals surface area contributed by atoms with E-state index in [9.17, 15) is 4.79 Å². The molecule has 4 fully saturated rings. The molecule has 26 heavy (non-hydrogen) atoms. The number of rotatable bonds is 2. The summed E-state index contributed by atoms with van der Waals surface area (Å²) >= 11 is 1.58. The van der Waals surface area contributed by atoms with Crippen molar-refractivity contribution in [2.24, 2.45) is 17.8 Å². The van der Waals surface area contributed by atoms with Crippen molar-refractivity contribution in [1.29, 1.82) is 0 Å². The number of hydrogen-bond acceptors (Lipinski definition) is 5. The normalized spacial score (nSPS) is 32.4. The standard InChI is InChI=1S/C20H20N4OS/c25-17-16(15-4-2-1-3-5-15)21-22-19-24(17)23-18(26-19)20-9-12-6-13(10-20)8-14(7-12)11-20/h1-5,12-14H,6-11H2. The molecule has 0 N–H and O–H groups in total. The fourth-order valence-corrected chi connectivity index (χ4v) is 7.13. The molecule has 0 atom stereocenters. The smallest absolute Gasteiger partial charge is 0.265 e. The Balaban J connectivity index is 1.48. The maximum Gasteiger partial charge on any atom is 0.302 e. The average molecular weight is 364 g/mol. The van der Waals surface area contributed by atoms with Gasteiger partial charge in [0.2, 0.25) is 4.96 Å². The Morgan fingerprint density at radius 3 is 2.27 bits per heavy atom. The first-order chi connectivity index (χ1) is 12.7. The van der Waals surface area contributed by atoms with Crippen LogP contribution in [0.4, 0.5) is 0 Å². The predicted molar refractivity (Wildman–Crippen MR) is 100 cm³/mol. The zero-order valence-electron chi connectivity index (χ0n) is 14.5. The lowest BCUT2D eigenvalue weighted by Crippen LogP contribution is -2.48. The van der Waals surface area contributed by atoms with Crippen LogP contribution in [0, 0.1) is 17.8 Å². The van der Waals surface area contributed by atoms with Gasteiger partial charge in [-0.15, -0.1) is 10.2 Å². The van der Waals surface area contributed by atoms with Crippen LogP contribution in [0.1, 0.15) is 43.5 Å². The Morgan fingerprint density at radius 2 is 1.62 bits per heavy atom. The van der Waals surface area contributed by atoms with Crippen molar-refractivity contribution < 1.29 is 0 Å². The van der Waals surface area contributed by atoms with Crippen molar-refractivity contribution in [1.82, 2.24) is 19.8 Å². The summed E-state index contributed by atoms with van der Waals surface area (Å²) in [5.74, 6) is 2.57. The Bertz CT molecular complexity index is 1020. The Morgan fingerprint density at radius 1 is 0.962 bits per heavy atom. The highest BCUT2D eigenvalue weighted by molar-refractivity contribution is 7.16. The third kappa shape index (κ3) is 2.08. The van der Waals surface area contributed by atoms with Gasteiger partial charge >= 0.3 is 5.56 Å². The topological polar surface area (TPSA) is 60.2 Å². The van der Waals surface area contributed by atoms with E-state index in [1.165, 1.54) is 43.0 Å². The molecule has 132 valence electrons. The van der Waals surface area contributed by atoms with Gasteiger partial charge in [0.15, 0.2) is 5.69 Å². The molecule has 5 nitrogen and oxygen atoms in total. The van der Waals surface area contributed by atoms with Gasteiger partial charge in [0.1, 0.15) is 5.01 Å². The van der Waals surface area contributed by atoms with Gasteiger partial charge in [-0.2, -0.15) is 9.61 Å². The lowest BCUT2D eigenvalue weighted by atomic mass is 9.50. The minimum atomic E-state index is -0.159. The molecule has 4 aliphatic rings. The van der Waals surface area contributed by atoms with E-state index in [4.69, 9.17) is 5.10 Å². The molecule has 0 saturated heterocycles. The number of aromatic nitrogens is 4. The highest BCUT2D eigenvalue weighted by Crippen LogP contribution is 2.61. The largest absolute Gasteiger partial charge is 0.302 e. The van der Waals surface area contributed by atoms with E-state index in [0.29, 0.717) is 10.7 Å². The van der Waals surface area contributed by atoms with Crippen LogP contribution in [0.3, 0.4) is 0 Å². The zero-order chi connectivity index (χ0) is 17.3. The molecule has 0 radical (unpaired) electrons. The molecule has 0 spiro atoms. The van der Waals surface area contributed by atoms with Crippen molar-refractivity contribution in [2.75, 3.05) is 0 Å². The van der Waals surface area contributed by atoms with E-state index in [0.717, 1.165) is 28.3 Å². The van der Waals surface area contributed by atoms with Crippen LogP contribution in [0.15, 0.2) is 35.1 Å². The molecule has 4 saturated carbocycles. The number of benzene rings is 1. The van der Waals surface area contributed by atoms with Crippen LogP contribution < -0.4 is 5.56 Å². The molecule has 7 rings (SSSR count). The van der Waals surface area contributed by atoms with Crippen LogP contribution in [0.2, 0.25) is 0 Å². The number of fused-ring (bicyclic) bond motifs is 1. The van der Waals surface area contributed by atoms with Crippen molar-refractivity contribution in [3.05, 3.63) is 45.7 Å². The van der Waals surface area contributed by atoms with Gasteiger partial charge in [0.05, 0.1) is 0 Å². The first-order valence-electron chi connectivity index (χ1n) is 9.53. The van der Waals surface area contributed by atoms with Gasteiger partial charge in [-0.25, -0.2) is 0 Å². The summed E-state index contributed by atoms with van der Waals surface area (Å²) in [6, 6.07) is 9.54.